The number of halogens is 3. The number of rotatable bonds is 2. The van der Waals surface area contributed by atoms with Crippen LogP contribution in [-0.2, 0) is 0 Å². The van der Waals surface area contributed by atoms with E-state index in [9.17, 15) is 13.2 Å². The molecule has 2 rings (SSSR count). The van der Waals surface area contributed by atoms with Gasteiger partial charge in [-0.2, -0.15) is 13.2 Å². The van der Waals surface area contributed by atoms with Gasteiger partial charge in [-0.1, -0.05) is 24.3 Å². The lowest BCUT2D eigenvalue weighted by Gasteiger charge is -2.09. The summed E-state index contributed by atoms with van der Waals surface area (Å²) in [5, 5.41) is 9.65. The molecule has 1 aromatic carbocycles. The Morgan fingerprint density at radius 3 is 2.65 bits per heavy atom. The van der Waals surface area contributed by atoms with Gasteiger partial charge in [-0.25, -0.2) is 0 Å². The van der Waals surface area contributed by atoms with E-state index in [0.717, 1.165) is 17.0 Å². The Kier molecular flexibility index (Phi) is 2.93. The van der Waals surface area contributed by atoms with E-state index in [1.807, 2.05) is 12.1 Å². The number of hydrogen-bond acceptors (Lipinski definition) is 1. The van der Waals surface area contributed by atoms with Gasteiger partial charge in [0.25, 0.3) is 0 Å². The molecule has 0 radical (unpaired) electrons. The van der Waals surface area contributed by atoms with E-state index in [0.29, 0.717) is 5.56 Å². The fourth-order valence-corrected chi connectivity index (χ4v) is 1.54. The molecule has 1 aromatic heterocycles. The molecule has 0 saturated carbocycles. The van der Waals surface area contributed by atoms with Crippen molar-refractivity contribution in [3.63, 3.8) is 0 Å². The summed E-state index contributed by atoms with van der Waals surface area (Å²) in [5.41, 5.74) is 1.46. The molecule has 0 aliphatic heterocycles. The first-order valence-electron chi connectivity index (χ1n) is 4.97. The molecule has 0 saturated heterocycles. The maximum atomic E-state index is 12.1. The SMILES string of the molecule is OC(/C=C/c1c[nH]c2ccccc12)C(F)(F)F. The van der Waals surface area contributed by atoms with Crippen LogP contribution < -0.4 is 0 Å². The van der Waals surface area contributed by atoms with Crippen molar-refractivity contribution in [3.8, 4) is 0 Å². The molecular weight excluding hydrogens is 231 g/mol. The highest BCUT2D eigenvalue weighted by Gasteiger charge is 2.36. The third kappa shape index (κ3) is 2.50. The minimum absolute atomic E-state index is 0.615. The van der Waals surface area contributed by atoms with Gasteiger partial charge >= 0.3 is 6.18 Å². The molecular formula is C12H10F3NO. The van der Waals surface area contributed by atoms with E-state index >= 15 is 0 Å². The van der Waals surface area contributed by atoms with Crippen molar-refractivity contribution in [1.29, 1.82) is 0 Å². The maximum absolute atomic E-state index is 12.1. The zero-order chi connectivity index (χ0) is 12.5. The largest absolute Gasteiger partial charge is 0.417 e. The first-order valence-corrected chi connectivity index (χ1v) is 4.97. The second kappa shape index (κ2) is 4.25. The Balaban J connectivity index is 2.27. The first kappa shape index (κ1) is 11.7. The Morgan fingerprint density at radius 1 is 1.24 bits per heavy atom. The molecule has 0 aliphatic rings. The van der Waals surface area contributed by atoms with Crippen LogP contribution in [0.25, 0.3) is 17.0 Å². The summed E-state index contributed by atoms with van der Waals surface area (Å²) in [6.45, 7) is 0. The van der Waals surface area contributed by atoms with Gasteiger partial charge in [-0.3, -0.25) is 0 Å². The fraction of sp³-hybridized carbons (Fsp3) is 0.167. The van der Waals surface area contributed by atoms with Gasteiger partial charge in [0.15, 0.2) is 6.10 Å². The number of fused-ring (bicyclic) bond motifs is 1. The molecule has 0 spiro atoms. The van der Waals surface area contributed by atoms with E-state index in [-0.39, 0.29) is 0 Å². The number of aromatic nitrogens is 1. The van der Waals surface area contributed by atoms with Crippen molar-refractivity contribution in [2.45, 2.75) is 12.3 Å². The third-order valence-electron chi connectivity index (χ3n) is 2.41. The standard InChI is InChI=1S/C12H10F3NO/c13-12(14,15)11(17)6-5-8-7-16-10-4-2-1-3-9(8)10/h1-7,11,16-17H/b6-5+. The van der Waals surface area contributed by atoms with E-state index in [1.54, 1.807) is 18.3 Å². The molecule has 1 unspecified atom stereocenters. The number of hydrogen-bond donors (Lipinski definition) is 2. The minimum Gasteiger partial charge on any atom is -0.380 e. The van der Waals surface area contributed by atoms with Crippen LogP contribution in [0, 0.1) is 0 Å². The van der Waals surface area contributed by atoms with E-state index in [4.69, 9.17) is 5.11 Å². The summed E-state index contributed by atoms with van der Waals surface area (Å²) in [7, 11) is 0. The highest BCUT2D eigenvalue weighted by molar-refractivity contribution is 5.88. The van der Waals surface area contributed by atoms with Crippen LogP contribution in [0.1, 0.15) is 5.56 Å². The van der Waals surface area contributed by atoms with Crippen LogP contribution in [0.3, 0.4) is 0 Å². The van der Waals surface area contributed by atoms with Gasteiger partial charge in [0.2, 0.25) is 0 Å². The van der Waals surface area contributed by atoms with Crippen molar-refractivity contribution in [2.75, 3.05) is 0 Å². The maximum Gasteiger partial charge on any atom is 0.417 e. The minimum atomic E-state index is -4.62. The average molecular weight is 241 g/mol. The molecule has 0 aliphatic carbocycles. The van der Waals surface area contributed by atoms with Crippen molar-refractivity contribution < 1.29 is 18.3 Å². The van der Waals surface area contributed by atoms with Crippen LogP contribution in [-0.4, -0.2) is 22.4 Å². The third-order valence-corrected chi connectivity index (χ3v) is 2.41. The molecule has 0 amide bonds. The molecule has 1 heterocycles. The van der Waals surface area contributed by atoms with Crippen LogP contribution in [0.4, 0.5) is 13.2 Å². The highest BCUT2D eigenvalue weighted by Crippen LogP contribution is 2.23. The van der Waals surface area contributed by atoms with E-state index < -0.39 is 12.3 Å². The number of aromatic amines is 1. The number of aliphatic hydroxyl groups is 1. The summed E-state index contributed by atoms with van der Waals surface area (Å²) in [6, 6.07) is 7.25. The summed E-state index contributed by atoms with van der Waals surface area (Å²) in [6.07, 6.45) is -3.46. The van der Waals surface area contributed by atoms with Gasteiger partial charge < -0.3 is 10.1 Å². The Hall–Kier alpha value is -1.75. The lowest BCUT2D eigenvalue weighted by atomic mass is 10.1. The zero-order valence-corrected chi connectivity index (χ0v) is 8.70. The van der Waals surface area contributed by atoms with Crippen molar-refractivity contribution in [1.82, 2.24) is 4.98 Å². The molecule has 90 valence electrons. The molecule has 5 heteroatoms. The van der Waals surface area contributed by atoms with Crippen LogP contribution >= 0.6 is 0 Å². The number of alkyl halides is 3. The zero-order valence-electron chi connectivity index (χ0n) is 8.70. The van der Waals surface area contributed by atoms with Crippen molar-refractivity contribution in [2.24, 2.45) is 0 Å². The average Bonchev–Trinajstić information content (AvgIpc) is 2.68. The quantitative estimate of drug-likeness (QED) is 0.832. The van der Waals surface area contributed by atoms with Crippen molar-refractivity contribution >= 4 is 17.0 Å². The molecule has 0 fully saturated rings. The highest BCUT2D eigenvalue weighted by atomic mass is 19.4. The predicted molar refractivity (Wildman–Crippen MR) is 59.4 cm³/mol. The second-order valence-corrected chi connectivity index (χ2v) is 3.64. The Morgan fingerprint density at radius 2 is 1.94 bits per heavy atom. The summed E-state index contributed by atoms with van der Waals surface area (Å²) in [5.74, 6) is 0. The summed E-state index contributed by atoms with van der Waals surface area (Å²) in [4.78, 5) is 2.94. The number of H-pyrrole nitrogens is 1. The monoisotopic (exact) mass is 241 g/mol. The van der Waals surface area contributed by atoms with Gasteiger partial charge in [-0.15, -0.1) is 0 Å². The van der Waals surface area contributed by atoms with Gasteiger partial charge in [0.05, 0.1) is 0 Å². The van der Waals surface area contributed by atoms with Crippen LogP contribution in [0.2, 0.25) is 0 Å². The molecule has 1 atom stereocenters. The first-order chi connectivity index (χ1) is 7.98. The number of nitrogens with one attached hydrogen (secondary N) is 1. The number of aliphatic hydroxyl groups excluding tert-OH is 1. The normalized spacial score (nSPS) is 14.6. The topological polar surface area (TPSA) is 36.0 Å². The smallest absolute Gasteiger partial charge is 0.380 e. The molecule has 2 aromatic rings. The number of para-hydroxylation sites is 1. The molecule has 2 nitrogen and oxygen atoms in total. The predicted octanol–water partition coefficient (Wildman–Crippen LogP) is 3.10. The van der Waals surface area contributed by atoms with Gasteiger partial charge in [-0.05, 0) is 17.7 Å². The molecule has 2 N–H and O–H groups in total. The molecule has 17 heavy (non-hydrogen) atoms. The molecule has 0 bridgehead atoms. The Labute approximate surface area is 95.4 Å². The Bertz CT molecular complexity index is 542. The summed E-state index contributed by atoms with van der Waals surface area (Å²) < 4.78 is 36.2. The van der Waals surface area contributed by atoms with E-state index in [2.05, 4.69) is 4.98 Å². The lowest BCUT2D eigenvalue weighted by Crippen LogP contribution is -2.25. The number of benzene rings is 1. The van der Waals surface area contributed by atoms with Gasteiger partial charge in [0, 0.05) is 17.1 Å². The second-order valence-electron chi connectivity index (χ2n) is 3.64. The van der Waals surface area contributed by atoms with Gasteiger partial charge in [0.1, 0.15) is 0 Å². The summed E-state index contributed by atoms with van der Waals surface area (Å²) >= 11 is 0. The van der Waals surface area contributed by atoms with E-state index in [1.165, 1.54) is 6.08 Å². The van der Waals surface area contributed by atoms with Crippen LogP contribution in [0.15, 0.2) is 36.5 Å². The van der Waals surface area contributed by atoms with Crippen LogP contribution in [0.5, 0.6) is 0 Å². The fourth-order valence-electron chi connectivity index (χ4n) is 1.54. The van der Waals surface area contributed by atoms with Crippen molar-refractivity contribution in [3.05, 3.63) is 42.1 Å². The lowest BCUT2D eigenvalue weighted by molar-refractivity contribution is -0.187.